The Labute approximate surface area is 148 Å². The van der Waals surface area contributed by atoms with Crippen molar-refractivity contribution in [1.29, 1.82) is 0 Å². The fourth-order valence-electron chi connectivity index (χ4n) is 2.75. The predicted molar refractivity (Wildman–Crippen MR) is 104 cm³/mol. The average Bonchev–Trinajstić information content (AvgIpc) is 2.99. The minimum absolute atomic E-state index is 0.0157. The van der Waals surface area contributed by atoms with E-state index in [0.29, 0.717) is 6.42 Å². The van der Waals surface area contributed by atoms with E-state index in [0.717, 1.165) is 40.9 Å². The van der Waals surface area contributed by atoms with Crippen LogP contribution in [0, 0.1) is 0 Å². The molecule has 0 aliphatic carbocycles. The SMILES string of the molecule is CN(C)CCNc1ccc(NC(=O)Cc2c[nH]c3ccccc23)cc1. The molecule has 25 heavy (non-hydrogen) atoms. The number of carbonyl (C=O) groups excluding carboxylic acids is 1. The summed E-state index contributed by atoms with van der Waals surface area (Å²) in [5.41, 5.74) is 3.92. The summed E-state index contributed by atoms with van der Waals surface area (Å²) in [6.07, 6.45) is 2.26. The molecule has 1 heterocycles. The number of benzene rings is 2. The van der Waals surface area contributed by atoms with Crippen LogP contribution in [-0.2, 0) is 11.2 Å². The number of amides is 1. The minimum atomic E-state index is -0.0157. The Morgan fingerprint density at radius 2 is 1.76 bits per heavy atom. The molecule has 5 nitrogen and oxygen atoms in total. The third-order valence-electron chi connectivity index (χ3n) is 4.08. The third kappa shape index (κ3) is 4.61. The minimum Gasteiger partial charge on any atom is -0.384 e. The van der Waals surface area contributed by atoms with E-state index in [9.17, 15) is 4.79 Å². The Bertz CT molecular complexity index is 836. The summed E-state index contributed by atoms with van der Waals surface area (Å²) < 4.78 is 0. The van der Waals surface area contributed by atoms with E-state index < -0.39 is 0 Å². The molecular weight excluding hydrogens is 312 g/mol. The third-order valence-corrected chi connectivity index (χ3v) is 4.08. The van der Waals surface area contributed by atoms with E-state index in [2.05, 4.69) is 20.5 Å². The molecule has 0 saturated carbocycles. The molecule has 130 valence electrons. The van der Waals surface area contributed by atoms with Crippen LogP contribution >= 0.6 is 0 Å². The molecule has 0 aliphatic rings. The summed E-state index contributed by atoms with van der Waals surface area (Å²) >= 11 is 0. The van der Waals surface area contributed by atoms with Gasteiger partial charge in [0.15, 0.2) is 0 Å². The van der Waals surface area contributed by atoms with Gasteiger partial charge in [0.05, 0.1) is 6.42 Å². The summed E-state index contributed by atoms with van der Waals surface area (Å²) in [4.78, 5) is 17.6. The highest BCUT2D eigenvalue weighted by Gasteiger charge is 2.08. The number of hydrogen-bond donors (Lipinski definition) is 3. The van der Waals surface area contributed by atoms with E-state index in [1.165, 1.54) is 0 Å². The number of rotatable bonds is 7. The number of hydrogen-bond acceptors (Lipinski definition) is 3. The highest BCUT2D eigenvalue weighted by Crippen LogP contribution is 2.19. The second-order valence-electron chi connectivity index (χ2n) is 6.39. The molecule has 5 heteroatoms. The number of para-hydroxylation sites is 1. The largest absolute Gasteiger partial charge is 0.384 e. The molecule has 1 aromatic heterocycles. The van der Waals surface area contributed by atoms with E-state index in [-0.39, 0.29) is 5.91 Å². The van der Waals surface area contributed by atoms with Gasteiger partial charge in [-0.25, -0.2) is 0 Å². The first-order valence-electron chi connectivity index (χ1n) is 8.45. The van der Waals surface area contributed by atoms with Crippen molar-refractivity contribution in [3.05, 3.63) is 60.3 Å². The van der Waals surface area contributed by atoms with Crippen molar-refractivity contribution in [1.82, 2.24) is 9.88 Å². The van der Waals surface area contributed by atoms with E-state index in [4.69, 9.17) is 0 Å². The Balaban J connectivity index is 1.56. The van der Waals surface area contributed by atoms with Crippen LogP contribution in [0.2, 0.25) is 0 Å². The lowest BCUT2D eigenvalue weighted by atomic mass is 10.1. The maximum atomic E-state index is 12.3. The van der Waals surface area contributed by atoms with Gasteiger partial charge in [-0.05, 0) is 50.0 Å². The zero-order valence-electron chi connectivity index (χ0n) is 14.7. The van der Waals surface area contributed by atoms with Crippen molar-refractivity contribution in [2.24, 2.45) is 0 Å². The number of anilines is 2. The van der Waals surface area contributed by atoms with Gasteiger partial charge in [0.25, 0.3) is 0 Å². The Kier molecular flexibility index (Phi) is 5.36. The molecule has 2 aromatic carbocycles. The maximum Gasteiger partial charge on any atom is 0.228 e. The smallest absolute Gasteiger partial charge is 0.228 e. The molecular formula is C20H24N4O. The molecule has 0 fully saturated rings. The molecule has 1 amide bonds. The van der Waals surface area contributed by atoms with Gasteiger partial charge in [0.2, 0.25) is 5.91 Å². The van der Waals surface area contributed by atoms with Gasteiger partial charge >= 0.3 is 0 Å². The van der Waals surface area contributed by atoms with Crippen molar-refractivity contribution >= 4 is 28.2 Å². The van der Waals surface area contributed by atoms with Crippen LogP contribution in [0.3, 0.4) is 0 Å². The Morgan fingerprint density at radius 3 is 2.52 bits per heavy atom. The molecule has 3 rings (SSSR count). The Morgan fingerprint density at radius 1 is 1.04 bits per heavy atom. The summed E-state index contributed by atoms with van der Waals surface area (Å²) in [6.45, 7) is 1.86. The standard InChI is InChI=1S/C20H24N4O/c1-24(2)12-11-21-16-7-9-17(10-8-16)23-20(25)13-15-14-22-19-6-4-3-5-18(15)19/h3-10,14,21-22H,11-13H2,1-2H3,(H,23,25). The highest BCUT2D eigenvalue weighted by molar-refractivity contribution is 5.95. The molecule has 3 aromatic rings. The first-order valence-corrected chi connectivity index (χ1v) is 8.45. The summed E-state index contributed by atoms with van der Waals surface area (Å²) in [5, 5.41) is 7.41. The molecule has 3 N–H and O–H groups in total. The maximum absolute atomic E-state index is 12.3. The molecule has 0 bridgehead atoms. The number of likely N-dealkylation sites (N-methyl/N-ethyl adjacent to an activating group) is 1. The molecule has 0 atom stereocenters. The van der Waals surface area contributed by atoms with Gasteiger partial charge in [-0.1, -0.05) is 18.2 Å². The lowest BCUT2D eigenvalue weighted by Crippen LogP contribution is -2.20. The van der Waals surface area contributed by atoms with Crippen molar-refractivity contribution in [3.8, 4) is 0 Å². The first-order chi connectivity index (χ1) is 12.1. The topological polar surface area (TPSA) is 60.2 Å². The molecule has 0 unspecified atom stereocenters. The van der Waals surface area contributed by atoms with Gasteiger partial charge < -0.3 is 20.5 Å². The van der Waals surface area contributed by atoms with Crippen LogP contribution in [0.1, 0.15) is 5.56 Å². The molecule has 0 radical (unpaired) electrons. The van der Waals surface area contributed by atoms with E-state index in [1.54, 1.807) is 0 Å². The van der Waals surface area contributed by atoms with Crippen molar-refractivity contribution in [3.63, 3.8) is 0 Å². The quantitative estimate of drug-likeness (QED) is 0.620. The zero-order chi connectivity index (χ0) is 17.6. The zero-order valence-corrected chi connectivity index (χ0v) is 14.7. The van der Waals surface area contributed by atoms with E-state index in [1.807, 2.05) is 68.8 Å². The molecule has 0 saturated heterocycles. The van der Waals surface area contributed by atoms with Gasteiger partial charge in [-0.3, -0.25) is 4.79 Å². The van der Waals surface area contributed by atoms with Crippen molar-refractivity contribution in [2.45, 2.75) is 6.42 Å². The fraction of sp³-hybridized carbons (Fsp3) is 0.250. The normalized spacial score (nSPS) is 11.0. The van der Waals surface area contributed by atoms with Crippen molar-refractivity contribution in [2.75, 3.05) is 37.8 Å². The van der Waals surface area contributed by atoms with E-state index >= 15 is 0 Å². The lowest BCUT2D eigenvalue weighted by Gasteiger charge is -2.12. The van der Waals surface area contributed by atoms with Gasteiger partial charge in [0.1, 0.15) is 0 Å². The number of nitrogens with one attached hydrogen (secondary N) is 3. The number of aromatic amines is 1. The lowest BCUT2D eigenvalue weighted by molar-refractivity contribution is -0.115. The van der Waals surface area contributed by atoms with Crippen LogP contribution in [-0.4, -0.2) is 43.0 Å². The molecule has 0 aliphatic heterocycles. The van der Waals surface area contributed by atoms with Crippen molar-refractivity contribution < 1.29 is 4.79 Å². The fourth-order valence-corrected chi connectivity index (χ4v) is 2.75. The molecule has 0 spiro atoms. The van der Waals surface area contributed by atoms with Crippen LogP contribution in [0.5, 0.6) is 0 Å². The van der Waals surface area contributed by atoms with Gasteiger partial charge in [-0.15, -0.1) is 0 Å². The number of H-pyrrole nitrogens is 1. The summed E-state index contributed by atoms with van der Waals surface area (Å²) in [7, 11) is 4.10. The number of aromatic nitrogens is 1. The van der Waals surface area contributed by atoms with Crippen LogP contribution in [0.25, 0.3) is 10.9 Å². The Hall–Kier alpha value is -2.79. The van der Waals surface area contributed by atoms with Crippen LogP contribution in [0.4, 0.5) is 11.4 Å². The number of nitrogens with zero attached hydrogens (tertiary/aromatic N) is 1. The number of fused-ring (bicyclic) bond motifs is 1. The second kappa shape index (κ2) is 7.85. The highest BCUT2D eigenvalue weighted by atomic mass is 16.1. The average molecular weight is 336 g/mol. The first kappa shape index (κ1) is 17.0. The summed E-state index contributed by atoms with van der Waals surface area (Å²) in [6, 6.07) is 15.8. The predicted octanol–water partition coefficient (Wildman–Crippen LogP) is 3.32. The monoisotopic (exact) mass is 336 g/mol. The van der Waals surface area contributed by atoms with Crippen LogP contribution < -0.4 is 10.6 Å². The summed E-state index contributed by atoms with van der Waals surface area (Å²) in [5.74, 6) is -0.0157. The van der Waals surface area contributed by atoms with Gasteiger partial charge in [0, 0.05) is 41.6 Å². The number of carbonyl (C=O) groups is 1. The van der Waals surface area contributed by atoms with Gasteiger partial charge in [-0.2, -0.15) is 0 Å². The second-order valence-corrected chi connectivity index (χ2v) is 6.39. The van der Waals surface area contributed by atoms with Crippen LogP contribution in [0.15, 0.2) is 54.7 Å².